The maximum atomic E-state index is 14.4. The van der Waals surface area contributed by atoms with Gasteiger partial charge in [-0.05, 0) is 58.5 Å². The Hall–Kier alpha value is -4.29. The number of cyclic esters (lactones) is 1. The van der Waals surface area contributed by atoms with Crippen molar-refractivity contribution in [2.75, 3.05) is 19.8 Å². The van der Waals surface area contributed by atoms with E-state index in [4.69, 9.17) is 23.4 Å². The van der Waals surface area contributed by atoms with Crippen LogP contribution in [0, 0.1) is 5.92 Å². The van der Waals surface area contributed by atoms with Crippen molar-refractivity contribution in [2.24, 2.45) is 5.92 Å². The summed E-state index contributed by atoms with van der Waals surface area (Å²) in [5.41, 5.74) is 2.60. The van der Waals surface area contributed by atoms with E-state index in [1.165, 1.54) is 6.92 Å². The lowest BCUT2D eigenvalue weighted by Gasteiger charge is -2.29. The summed E-state index contributed by atoms with van der Waals surface area (Å²) < 4.78 is 30.0. The quantitative estimate of drug-likeness (QED) is 0.0887. The van der Waals surface area contributed by atoms with Gasteiger partial charge in [0.2, 0.25) is 5.91 Å². The molecule has 11 heteroatoms. The van der Waals surface area contributed by atoms with Crippen LogP contribution >= 0.6 is 15.9 Å². The van der Waals surface area contributed by atoms with Gasteiger partial charge in [-0.2, -0.15) is 0 Å². The Balaban J connectivity index is 1.29. The molecule has 1 saturated heterocycles. The van der Waals surface area contributed by atoms with Crippen molar-refractivity contribution >= 4 is 33.9 Å². The maximum Gasteiger partial charge on any atom is 0.417 e. The Morgan fingerprint density at radius 2 is 1.60 bits per heavy atom. The van der Waals surface area contributed by atoms with Crippen molar-refractivity contribution < 1.29 is 42.9 Å². The predicted octanol–water partition coefficient (Wildman–Crippen LogP) is 7.14. The first kappa shape index (κ1) is 37.0. The summed E-state index contributed by atoms with van der Waals surface area (Å²) >= 11 is 3.57. The van der Waals surface area contributed by atoms with Crippen molar-refractivity contribution in [3.8, 4) is 0 Å². The van der Waals surface area contributed by atoms with Gasteiger partial charge < -0.3 is 28.5 Å². The number of hydrogen-bond donors (Lipinski definition) is 1. The molecule has 10 nitrogen and oxygen atoms in total. The largest absolute Gasteiger partial charge is 0.461 e. The highest BCUT2D eigenvalue weighted by atomic mass is 79.9. The fourth-order valence-corrected chi connectivity index (χ4v) is 6.47. The van der Waals surface area contributed by atoms with Crippen molar-refractivity contribution in [3.05, 3.63) is 130 Å². The highest BCUT2D eigenvalue weighted by Crippen LogP contribution is 2.39. The van der Waals surface area contributed by atoms with Crippen LogP contribution < -0.4 is 0 Å². The Morgan fingerprint density at radius 1 is 0.960 bits per heavy atom. The number of furan rings is 1. The molecule has 2 heterocycles. The molecule has 1 aromatic heterocycles. The normalized spacial score (nSPS) is 17.6. The number of aliphatic hydroxyl groups is 1. The minimum atomic E-state index is -1.13. The van der Waals surface area contributed by atoms with Gasteiger partial charge in [0.25, 0.3) is 0 Å². The van der Waals surface area contributed by atoms with Crippen molar-refractivity contribution in [3.63, 3.8) is 0 Å². The highest BCUT2D eigenvalue weighted by Gasteiger charge is 2.48. The lowest BCUT2D eigenvalue weighted by molar-refractivity contribution is -0.155. The molecule has 264 valence electrons. The summed E-state index contributed by atoms with van der Waals surface area (Å²) in [4.78, 5) is 41.3. The van der Waals surface area contributed by atoms with Gasteiger partial charge in [0.05, 0.1) is 36.3 Å². The first-order valence-corrected chi connectivity index (χ1v) is 17.5. The molecule has 1 aliphatic rings. The average molecular weight is 749 g/mol. The van der Waals surface area contributed by atoms with Crippen molar-refractivity contribution in [1.82, 2.24) is 4.90 Å². The van der Waals surface area contributed by atoms with Gasteiger partial charge in [-0.25, -0.2) is 9.69 Å². The molecular weight excluding hydrogens is 706 g/mol. The number of rotatable bonds is 17. The molecule has 5 rings (SSSR count). The van der Waals surface area contributed by atoms with Crippen molar-refractivity contribution in [1.29, 1.82) is 0 Å². The van der Waals surface area contributed by atoms with E-state index >= 15 is 0 Å². The molecule has 0 radical (unpaired) electrons. The molecule has 0 unspecified atom stereocenters. The second-order valence-corrected chi connectivity index (χ2v) is 13.0. The van der Waals surface area contributed by atoms with Crippen LogP contribution in [0.2, 0.25) is 0 Å². The summed E-state index contributed by atoms with van der Waals surface area (Å²) in [6.45, 7) is 3.86. The number of amides is 2. The summed E-state index contributed by atoms with van der Waals surface area (Å²) in [5.74, 6) is -1.29. The van der Waals surface area contributed by atoms with Crippen LogP contribution in [0.25, 0.3) is 0 Å². The SMILES string of the molecule is CC(=O)O[C@@H](c1cc(Br)c(CCCOC[C@@H](CO)OCc2ccccc2)o1)[C@@H](Cc1ccccc1)C(=O)N1C(=O)O[C@@H](c2ccccc2)[C@H]1C. The van der Waals surface area contributed by atoms with E-state index < -0.39 is 48.2 Å². The first-order chi connectivity index (χ1) is 24.2. The Bertz CT molecular complexity index is 1680. The molecule has 0 aliphatic carbocycles. The van der Waals surface area contributed by atoms with Crippen LogP contribution in [0.5, 0.6) is 0 Å². The fraction of sp³-hybridized carbons (Fsp3) is 0.359. The molecule has 0 saturated carbocycles. The Labute approximate surface area is 300 Å². The van der Waals surface area contributed by atoms with Gasteiger partial charge in [-0.15, -0.1) is 0 Å². The Morgan fingerprint density at radius 3 is 2.24 bits per heavy atom. The molecule has 50 heavy (non-hydrogen) atoms. The predicted molar refractivity (Wildman–Crippen MR) is 188 cm³/mol. The monoisotopic (exact) mass is 747 g/mol. The molecule has 5 atom stereocenters. The zero-order valence-electron chi connectivity index (χ0n) is 28.1. The molecule has 0 spiro atoms. The van der Waals surface area contributed by atoms with Gasteiger partial charge in [0.15, 0.2) is 6.10 Å². The van der Waals surface area contributed by atoms with E-state index in [2.05, 4.69) is 15.9 Å². The van der Waals surface area contributed by atoms with Crippen LogP contribution in [-0.2, 0) is 48.0 Å². The zero-order valence-corrected chi connectivity index (χ0v) is 29.7. The summed E-state index contributed by atoms with van der Waals surface area (Å²) in [6, 6.07) is 29.4. The average Bonchev–Trinajstić information content (AvgIpc) is 3.65. The smallest absolute Gasteiger partial charge is 0.417 e. The van der Waals surface area contributed by atoms with E-state index in [1.807, 2.05) is 91.0 Å². The molecule has 1 fully saturated rings. The number of carbonyl (C=O) groups excluding carboxylic acids is 3. The van der Waals surface area contributed by atoms with Crippen LogP contribution in [0.4, 0.5) is 4.79 Å². The number of benzene rings is 3. The number of imide groups is 1. The third kappa shape index (κ3) is 9.69. The van der Waals surface area contributed by atoms with E-state index in [0.29, 0.717) is 36.3 Å². The van der Waals surface area contributed by atoms with E-state index in [1.54, 1.807) is 13.0 Å². The molecule has 2 amide bonds. The number of hydrogen-bond acceptors (Lipinski definition) is 9. The molecule has 0 bridgehead atoms. The second-order valence-electron chi connectivity index (χ2n) is 12.2. The van der Waals surface area contributed by atoms with Gasteiger partial charge >= 0.3 is 12.1 Å². The Kier molecular flexibility index (Phi) is 13.4. The van der Waals surface area contributed by atoms with Crippen LogP contribution in [-0.4, -0.2) is 59.9 Å². The molecule has 3 aromatic carbocycles. The van der Waals surface area contributed by atoms with Gasteiger partial charge in [-0.1, -0.05) is 91.0 Å². The van der Waals surface area contributed by atoms with Crippen LogP contribution in [0.3, 0.4) is 0 Å². The lowest BCUT2D eigenvalue weighted by atomic mass is 9.90. The molecule has 1 N–H and O–H groups in total. The molecule has 4 aromatic rings. The topological polar surface area (TPSA) is 125 Å². The standard InChI is InChI=1S/C39H42BrNO9/c1-26-36(30-17-10-5-11-18-30)50-39(45)41(26)38(44)32(21-28-13-6-3-7-14-28)37(48-27(2)43)35-22-33(40)34(49-35)19-12-20-46-25-31(23-42)47-24-29-15-8-4-9-16-29/h3-11,13-18,22,26,31-32,36-37,42H,12,19-21,23-25H2,1-2H3/t26-,31-,32-,36-,37-/m1/s1. The number of aliphatic hydroxyl groups excluding tert-OH is 1. The van der Waals surface area contributed by atoms with Gasteiger partial charge in [0.1, 0.15) is 23.7 Å². The fourth-order valence-electron chi connectivity index (χ4n) is 5.96. The van der Waals surface area contributed by atoms with E-state index in [-0.39, 0.29) is 25.4 Å². The first-order valence-electron chi connectivity index (χ1n) is 16.7. The molecular formula is C39H42BrNO9. The summed E-state index contributed by atoms with van der Waals surface area (Å²) in [6.07, 6.45) is -1.76. The lowest BCUT2D eigenvalue weighted by Crippen LogP contribution is -2.44. The van der Waals surface area contributed by atoms with Crippen LogP contribution in [0.1, 0.15) is 60.7 Å². The number of ether oxygens (including phenoxy) is 4. The molecule has 1 aliphatic heterocycles. The van der Waals surface area contributed by atoms with E-state index in [0.717, 1.165) is 21.6 Å². The number of nitrogens with zero attached hydrogens (tertiary/aromatic N) is 1. The third-order valence-corrected chi connectivity index (χ3v) is 9.17. The number of halogens is 1. The van der Waals surface area contributed by atoms with Crippen molar-refractivity contribution in [2.45, 2.75) is 64.1 Å². The number of esters is 1. The third-order valence-electron chi connectivity index (χ3n) is 8.49. The second kappa shape index (κ2) is 18.1. The minimum Gasteiger partial charge on any atom is -0.461 e. The van der Waals surface area contributed by atoms with Gasteiger partial charge in [-0.3, -0.25) is 9.59 Å². The summed E-state index contributed by atoms with van der Waals surface area (Å²) in [5, 5.41) is 9.72. The minimum absolute atomic E-state index is 0.166. The van der Waals surface area contributed by atoms with E-state index in [9.17, 15) is 19.5 Å². The van der Waals surface area contributed by atoms with Crippen LogP contribution in [0.15, 0.2) is 106 Å². The highest BCUT2D eigenvalue weighted by molar-refractivity contribution is 9.10. The number of aryl methyl sites for hydroxylation is 1. The van der Waals surface area contributed by atoms with Gasteiger partial charge in [0, 0.05) is 20.0 Å². The summed E-state index contributed by atoms with van der Waals surface area (Å²) in [7, 11) is 0. The maximum absolute atomic E-state index is 14.4. The zero-order chi connectivity index (χ0) is 35.5. The number of carbonyl (C=O) groups is 3.